The summed E-state index contributed by atoms with van der Waals surface area (Å²) in [4.78, 5) is 11.9. The molecule has 0 spiro atoms. The third kappa shape index (κ3) is 5.91. The van der Waals surface area contributed by atoms with Crippen molar-refractivity contribution in [1.29, 1.82) is 0 Å². The topological polar surface area (TPSA) is 35.5 Å². The van der Waals surface area contributed by atoms with Crippen LogP contribution < -0.4 is 4.74 Å². The maximum Gasteiger partial charge on any atom is 0.306 e. The van der Waals surface area contributed by atoms with E-state index in [1.165, 1.54) is 11.1 Å². The molecule has 0 bridgehead atoms. The summed E-state index contributed by atoms with van der Waals surface area (Å²) in [5.41, 5.74) is 3.60. The molecule has 0 N–H and O–H groups in total. The second kappa shape index (κ2) is 9.42. The highest BCUT2D eigenvalue weighted by molar-refractivity contribution is 5.69. The Morgan fingerprint density at radius 3 is 2.35 bits per heavy atom. The Morgan fingerprint density at radius 2 is 1.69 bits per heavy atom. The predicted molar refractivity (Wildman–Crippen MR) is 105 cm³/mol. The minimum atomic E-state index is -0.129. The van der Waals surface area contributed by atoms with Crippen LogP contribution >= 0.6 is 0 Å². The minimum Gasteiger partial charge on any atom is -0.496 e. The van der Waals surface area contributed by atoms with Crippen molar-refractivity contribution in [1.82, 2.24) is 0 Å². The van der Waals surface area contributed by atoms with Crippen LogP contribution in [0.4, 0.5) is 0 Å². The van der Waals surface area contributed by atoms with E-state index < -0.39 is 0 Å². The van der Waals surface area contributed by atoms with E-state index in [1.807, 2.05) is 42.5 Å². The summed E-state index contributed by atoms with van der Waals surface area (Å²) in [6.07, 6.45) is 3.18. The van der Waals surface area contributed by atoms with Gasteiger partial charge in [-0.25, -0.2) is 0 Å². The number of benzene rings is 2. The fourth-order valence-corrected chi connectivity index (χ4v) is 3.20. The molecule has 26 heavy (non-hydrogen) atoms. The van der Waals surface area contributed by atoms with Crippen LogP contribution in [0.1, 0.15) is 56.7 Å². The molecule has 2 aromatic carbocycles. The Morgan fingerprint density at radius 1 is 0.962 bits per heavy atom. The molecule has 2 aromatic rings. The number of esters is 1. The summed E-state index contributed by atoms with van der Waals surface area (Å²) in [5, 5.41) is 0. The van der Waals surface area contributed by atoms with E-state index in [0.29, 0.717) is 13.0 Å². The lowest BCUT2D eigenvalue weighted by Crippen LogP contribution is -2.16. The van der Waals surface area contributed by atoms with Crippen LogP contribution in [0.15, 0.2) is 48.5 Å². The third-order valence-corrected chi connectivity index (χ3v) is 4.40. The lowest BCUT2D eigenvalue weighted by Gasteiger charge is -2.25. The van der Waals surface area contributed by atoms with E-state index >= 15 is 0 Å². The molecule has 0 radical (unpaired) electrons. The molecule has 2 rings (SSSR count). The Labute approximate surface area is 157 Å². The summed E-state index contributed by atoms with van der Waals surface area (Å²) in [6, 6.07) is 16.0. The Bertz CT molecular complexity index is 699. The van der Waals surface area contributed by atoms with Crippen LogP contribution in [-0.4, -0.2) is 13.1 Å². The zero-order valence-electron chi connectivity index (χ0n) is 16.4. The van der Waals surface area contributed by atoms with Crippen LogP contribution in [0.5, 0.6) is 5.75 Å². The van der Waals surface area contributed by atoms with Crippen molar-refractivity contribution in [3.05, 3.63) is 65.2 Å². The van der Waals surface area contributed by atoms with Gasteiger partial charge < -0.3 is 9.47 Å². The van der Waals surface area contributed by atoms with Crippen LogP contribution in [0, 0.1) is 0 Å². The standard InChI is InChI=1S/C23H30O3/c1-23(2,3)22-19(14-10-15-20(22)25-4)13-8-9-16-21(24)26-17-18-11-6-5-7-12-18/h5-7,10-12,14-15H,8-9,13,16-17H2,1-4H3. The number of ether oxygens (including phenoxy) is 2. The van der Waals surface area contributed by atoms with Gasteiger partial charge in [-0.2, -0.15) is 0 Å². The highest BCUT2D eigenvalue weighted by Gasteiger charge is 2.22. The average molecular weight is 354 g/mol. The lowest BCUT2D eigenvalue weighted by molar-refractivity contribution is -0.145. The predicted octanol–water partition coefficient (Wildman–Crippen LogP) is 5.45. The molecular weight excluding hydrogens is 324 g/mol. The molecule has 0 amide bonds. The zero-order chi connectivity index (χ0) is 19.0. The first-order valence-corrected chi connectivity index (χ1v) is 9.27. The van der Waals surface area contributed by atoms with Gasteiger partial charge in [-0.05, 0) is 41.9 Å². The highest BCUT2D eigenvalue weighted by Crippen LogP contribution is 2.35. The third-order valence-electron chi connectivity index (χ3n) is 4.40. The van der Waals surface area contributed by atoms with E-state index in [9.17, 15) is 4.79 Å². The molecule has 0 unspecified atom stereocenters. The first-order valence-electron chi connectivity index (χ1n) is 9.27. The fourth-order valence-electron chi connectivity index (χ4n) is 3.20. The highest BCUT2D eigenvalue weighted by atomic mass is 16.5. The molecule has 0 saturated heterocycles. The fraction of sp³-hybridized carbons (Fsp3) is 0.435. The van der Waals surface area contributed by atoms with Crippen molar-refractivity contribution in [2.75, 3.05) is 7.11 Å². The molecule has 0 aliphatic heterocycles. The Hall–Kier alpha value is -2.29. The molecule has 0 fully saturated rings. The second-order valence-corrected chi connectivity index (χ2v) is 7.60. The molecule has 3 heteroatoms. The zero-order valence-corrected chi connectivity index (χ0v) is 16.4. The maximum absolute atomic E-state index is 11.9. The molecule has 0 atom stereocenters. The summed E-state index contributed by atoms with van der Waals surface area (Å²) < 4.78 is 10.9. The first-order chi connectivity index (χ1) is 12.4. The van der Waals surface area contributed by atoms with Crippen LogP contribution in [-0.2, 0) is 28.0 Å². The number of hydrogen-bond acceptors (Lipinski definition) is 3. The van der Waals surface area contributed by atoms with Gasteiger partial charge in [-0.3, -0.25) is 4.79 Å². The van der Waals surface area contributed by atoms with Crippen molar-refractivity contribution in [3.63, 3.8) is 0 Å². The molecular formula is C23H30O3. The molecule has 0 aliphatic carbocycles. The van der Waals surface area contributed by atoms with Gasteiger partial charge in [-0.1, -0.05) is 63.2 Å². The Kier molecular flexibility index (Phi) is 7.26. The monoisotopic (exact) mass is 354 g/mol. The van der Waals surface area contributed by atoms with Gasteiger partial charge in [0, 0.05) is 12.0 Å². The number of carbonyl (C=O) groups excluding carboxylic acids is 1. The van der Waals surface area contributed by atoms with Gasteiger partial charge in [0.2, 0.25) is 0 Å². The number of methoxy groups -OCH3 is 1. The van der Waals surface area contributed by atoms with Crippen molar-refractivity contribution in [2.45, 2.75) is 58.5 Å². The quantitative estimate of drug-likeness (QED) is 0.467. The normalized spacial score (nSPS) is 11.2. The first kappa shape index (κ1) is 20.0. The van der Waals surface area contributed by atoms with Crippen LogP contribution in [0.25, 0.3) is 0 Å². The van der Waals surface area contributed by atoms with E-state index in [-0.39, 0.29) is 11.4 Å². The number of carbonyl (C=O) groups is 1. The summed E-state index contributed by atoms with van der Waals surface area (Å²) >= 11 is 0. The number of aryl methyl sites for hydroxylation is 1. The van der Waals surface area contributed by atoms with Gasteiger partial charge in [0.1, 0.15) is 12.4 Å². The van der Waals surface area contributed by atoms with Crippen molar-refractivity contribution >= 4 is 5.97 Å². The summed E-state index contributed by atoms with van der Waals surface area (Å²) in [6.45, 7) is 6.96. The minimum absolute atomic E-state index is 0.0244. The maximum atomic E-state index is 11.9. The van der Waals surface area contributed by atoms with Gasteiger partial charge in [-0.15, -0.1) is 0 Å². The molecule has 0 aromatic heterocycles. The van der Waals surface area contributed by atoms with Crippen molar-refractivity contribution < 1.29 is 14.3 Å². The van der Waals surface area contributed by atoms with Crippen molar-refractivity contribution in [2.24, 2.45) is 0 Å². The molecule has 0 aliphatic rings. The number of unbranched alkanes of at least 4 members (excludes halogenated alkanes) is 1. The van der Waals surface area contributed by atoms with Crippen LogP contribution in [0.2, 0.25) is 0 Å². The van der Waals surface area contributed by atoms with E-state index in [4.69, 9.17) is 9.47 Å². The molecule has 0 saturated carbocycles. The van der Waals surface area contributed by atoms with Crippen molar-refractivity contribution in [3.8, 4) is 5.75 Å². The average Bonchev–Trinajstić information content (AvgIpc) is 2.63. The summed E-state index contributed by atoms with van der Waals surface area (Å²) in [5.74, 6) is 0.813. The Balaban J connectivity index is 1.82. The number of hydrogen-bond donors (Lipinski definition) is 0. The molecule has 0 heterocycles. The largest absolute Gasteiger partial charge is 0.496 e. The second-order valence-electron chi connectivity index (χ2n) is 7.60. The van der Waals surface area contributed by atoms with Gasteiger partial charge in [0.25, 0.3) is 0 Å². The molecule has 3 nitrogen and oxygen atoms in total. The van der Waals surface area contributed by atoms with Crippen LogP contribution in [0.3, 0.4) is 0 Å². The smallest absolute Gasteiger partial charge is 0.306 e. The van der Waals surface area contributed by atoms with Gasteiger partial charge in [0.15, 0.2) is 0 Å². The summed E-state index contributed by atoms with van der Waals surface area (Å²) in [7, 11) is 1.72. The number of rotatable bonds is 8. The van der Waals surface area contributed by atoms with Gasteiger partial charge in [0.05, 0.1) is 7.11 Å². The van der Waals surface area contributed by atoms with Gasteiger partial charge >= 0.3 is 5.97 Å². The van der Waals surface area contributed by atoms with E-state index in [0.717, 1.165) is 30.6 Å². The SMILES string of the molecule is COc1cccc(CCCCC(=O)OCc2ccccc2)c1C(C)(C)C. The lowest BCUT2D eigenvalue weighted by atomic mass is 9.81. The molecule has 140 valence electrons. The van der Waals surface area contributed by atoms with E-state index in [1.54, 1.807) is 7.11 Å². The van der Waals surface area contributed by atoms with E-state index in [2.05, 4.69) is 26.8 Å².